The van der Waals surface area contributed by atoms with Crippen molar-refractivity contribution in [1.29, 1.82) is 0 Å². The minimum atomic E-state index is -0.296. The molecule has 4 rings (SSSR count). The Morgan fingerprint density at radius 2 is 1.64 bits per heavy atom. The first-order valence-electron chi connectivity index (χ1n) is 8.68. The summed E-state index contributed by atoms with van der Waals surface area (Å²) < 4.78 is 11.8. The van der Waals surface area contributed by atoms with Gasteiger partial charge < -0.3 is 14.8 Å². The van der Waals surface area contributed by atoms with Crippen LogP contribution in [0.3, 0.4) is 0 Å². The molecule has 0 radical (unpaired) electrons. The molecule has 0 aliphatic rings. The fourth-order valence-corrected chi connectivity index (χ4v) is 3.96. The second-order valence-electron chi connectivity index (χ2n) is 6.06. The molecule has 1 aromatic heterocycles. The molecule has 1 heterocycles. The molecule has 4 aromatic rings. The number of nitrogens with one attached hydrogen (secondary N) is 1. The molecule has 140 valence electrons. The molecule has 0 atom stereocenters. The number of carbonyl (C=O) groups is 1. The summed E-state index contributed by atoms with van der Waals surface area (Å²) in [6.07, 6.45) is 0. The van der Waals surface area contributed by atoms with Crippen molar-refractivity contribution < 1.29 is 14.3 Å². The summed E-state index contributed by atoms with van der Waals surface area (Å²) in [5.74, 6) is 0.620. The van der Waals surface area contributed by atoms with Gasteiger partial charge in [-0.3, -0.25) is 4.79 Å². The van der Waals surface area contributed by atoms with Gasteiger partial charge >= 0.3 is 0 Å². The average molecular weight is 390 g/mol. The largest absolute Gasteiger partial charge is 0.496 e. The molecule has 0 aliphatic carbocycles. The Balaban J connectivity index is 1.65. The number of hydrogen-bond donors (Lipinski definition) is 1. The third-order valence-corrected chi connectivity index (χ3v) is 5.40. The lowest BCUT2D eigenvalue weighted by molar-refractivity contribution is 0.102. The van der Waals surface area contributed by atoms with Gasteiger partial charge in [-0.05, 0) is 36.4 Å². The molecule has 0 unspecified atom stereocenters. The van der Waals surface area contributed by atoms with Gasteiger partial charge in [0, 0.05) is 11.3 Å². The van der Waals surface area contributed by atoms with E-state index in [1.54, 1.807) is 29.5 Å². The number of aromatic nitrogens is 1. The number of ether oxygens (including phenoxy) is 2. The molecule has 3 aromatic carbocycles. The Morgan fingerprint density at radius 3 is 2.36 bits per heavy atom. The fourth-order valence-electron chi connectivity index (χ4n) is 2.99. The lowest BCUT2D eigenvalue weighted by Crippen LogP contribution is -2.14. The quantitative estimate of drug-likeness (QED) is 0.507. The number of thiazole rings is 1. The number of methoxy groups -OCH3 is 2. The number of hydrogen-bond acceptors (Lipinski definition) is 5. The molecular formula is C22H18N2O3S. The van der Waals surface area contributed by atoms with Crippen LogP contribution in [0.1, 0.15) is 10.4 Å². The summed E-state index contributed by atoms with van der Waals surface area (Å²) in [7, 11) is 3.05. The van der Waals surface area contributed by atoms with Crippen molar-refractivity contribution in [3.63, 3.8) is 0 Å². The number of nitrogens with zero attached hydrogens (tertiary/aromatic N) is 1. The number of fused-ring (bicyclic) bond motifs is 1. The van der Waals surface area contributed by atoms with Crippen LogP contribution in [0.15, 0.2) is 66.7 Å². The summed E-state index contributed by atoms with van der Waals surface area (Å²) in [5, 5.41) is 3.84. The van der Waals surface area contributed by atoms with E-state index in [4.69, 9.17) is 9.47 Å². The van der Waals surface area contributed by atoms with Crippen LogP contribution in [0.25, 0.3) is 20.8 Å². The van der Waals surface area contributed by atoms with Crippen molar-refractivity contribution in [2.45, 2.75) is 0 Å². The molecular weight excluding hydrogens is 372 g/mol. The van der Waals surface area contributed by atoms with Crippen LogP contribution in [-0.4, -0.2) is 25.1 Å². The van der Waals surface area contributed by atoms with Gasteiger partial charge in [0.1, 0.15) is 22.1 Å². The summed E-state index contributed by atoms with van der Waals surface area (Å²) in [6, 6.07) is 20.9. The van der Waals surface area contributed by atoms with E-state index in [1.165, 1.54) is 14.2 Å². The normalized spacial score (nSPS) is 10.6. The van der Waals surface area contributed by atoms with Crippen LogP contribution in [0.2, 0.25) is 0 Å². The van der Waals surface area contributed by atoms with Crippen molar-refractivity contribution >= 4 is 33.1 Å². The second kappa shape index (κ2) is 7.70. The maximum atomic E-state index is 12.9. The Kier molecular flexibility index (Phi) is 4.95. The van der Waals surface area contributed by atoms with Crippen LogP contribution in [0, 0.1) is 0 Å². The molecule has 0 bridgehead atoms. The number of rotatable bonds is 5. The highest BCUT2D eigenvalue weighted by Crippen LogP contribution is 2.32. The van der Waals surface area contributed by atoms with Crippen LogP contribution >= 0.6 is 11.3 Å². The fraction of sp³-hybridized carbons (Fsp3) is 0.0909. The Hall–Kier alpha value is -3.38. The van der Waals surface area contributed by atoms with E-state index in [2.05, 4.69) is 16.4 Å². The van der Waals surface area contributed by atoms with Crippen molar-refractivity contribution in [2.75, 3.05) is 19.5 Å². The van der Waals surface area contributed by atoms with Crippen LogP contribution in [0.5, 0.6) is 11.5 Å². The van der Waals surface area contributed by atoms with Gasteiger partial charge in [0.25, 0.3) is 5.91 Å². The van der Waals surface area contributed by atoms with Gasteiger partial charge in [-0.1, -0.05) is 30.3 Å². The van der Waals surface area contributed by atoms with E-state index >= 15 is 0 Å². The highest BCUT2D eigenvalue weighted by atomic mass is 32.1. The minimum Gasteiger partial charge on any atom is -0.496 e. The second-order valence-corrected chi connectivity index (χ2v) is 7.09. The smallest absolute Gasteiger partial charge is 0.263 e. The first-order valence-corrected chi connectivity index (χ1v) is 9.49. The minimum absolute atomic E-state index is 0.296. The van der Waals surface area contributed by atoms with Gasteiger partial charge in [0.2, 0.25) is 0 Å². The van der Waals surface area contributed by atoms with Gasteiger partial charge in [0.05, 0.1) is 24.4 Å². The highest BCUT2D eigenvalue weighted by Gasteiger charge is 2.18. The summed E-state index contributed by atoms with van der Waals surface area (Å²) in [4.78, 5) is 17.6. The first-order chi connectivity index (χ1) is 13.7. The lowest BCUT2D eigenvalue weighted by Gasteiger charge is -2.13. The zero-order valence-electron chi connectivity index (χ0n) is 15.4. The van der Waals surface area contributed by atoms with E-state index in [1.807, 2.05) is 42.5 Å². The van der Waals surface area contributed by atoms with E-state index < -0.39 is 0 Å². The monoisotopic (exact) mass is 390 g/mol. The zero-order valence-corrected chi connectivity index (χ0v) is 16.2. The van der Waals surface area contributed by atoms with E-state index in [0.717, 1.165) is 20.8 Å². The first kappa shape index (κ1) is 18.0. The molecule has 0 saturated carbocycles. The van der Waals surface area contributed by atoms with Gasteiger partial charge in [-0.2, -0.15) is 0 Å². The summed E-state index contributed by atoms with van der Waals surface area (Å²) in [6.45, 7) is 0. The van der Waals surface area contributed by atoms with E-state index in [9.17, 15) is 4.79 Å². The molecule has 0 spiro atoms. The molecule has 1 N–H and O–H groups in total. The topological polar surface area (TPSA) is 60.5 Å². The van der Waals surface area contributed by atoms with Gasteiger partial charge in [-0.15, -0.1) is 11.3 Å². The average Bonchev–Trinajstić information content (AvgIpc) is 3.17. The molecule has 5 nitrogen and oxygen atoms in total. The van der Waals surface area contributed by atoms with Gasteiger partial charge in [0.15, 0.2) is 0 Å². The summed E-state index contributed by atoms with van der Waals surface area (Å²) >= 11 is 1.62. The van der Waals surface area contributed by atoms with Crippen molar-refractivity contribution in [1.82, 2.24) is 4.98 Å². The lowest BCUT2D eigenvalue weighted by atomic mass is 10.1. The standard InChI is InChI=1S/C22H18N2O3S/c1-26-17-10-6-11-18(27-2)20(17)21(25)23-15-8-5-7-14(13-15)22-24-16-9-3-4-12-19(16)28-22/h3-13H,1-2H3,(H,23,25). The SMILES string of the molecule is COc1cccc(OC)c1C(=O)Nc1cccc(-c2nc3ccccc3s2)c1. The number of amides is 1. The van der Waals surface area contributed by atoms with Crippen molar-refractivity contribution in [2.24, 2.45) is 0 Å². The number of para-hydroxylation sites is 1. The van der Waals surface area contributed by atoms with E-state index in [0.29, 0.717) is 22.7 Å². The summed E-state index contributed by atoms with van der Waals surface area (Å²) in [5.41, 5.74) is 2.95. The molecule has 0 fully saturated rings. The van der Waals surface area contributed by atoms with Crippen molar-refractivity contribution in [3.8, 4) is 22.1 Å². The zero-order chi connectivity index (χ0) is 19.5. The Morgan fingerprint density at radius 1 is 0.929 bits per heavy atom. The number of benzene rings is 3. The molecule has 0 saturated heterocycles. The maximum absolute atomic E-state index is 12.9. The molecule has 28 heavy (non-hydrogen) atoms. The molecule has 6 heteroatoms. The Labute approximate surface area is 166 Å². The molecule has 0 aliphatic heterocycles. The van der Waals surface area contributed by atoms with Crippen LogP contribution in [-0.2, 0) is 0 Å². The highest BCUT2D eigenvalue weighted by molar-refractivity contribution is 7.21. The van der Waals surface area contributed by atoms with Crippen molar-refractivity contribution in [3.05, 3.63) is 72.3 Å². The Bertz CT molecular complexity index is 1100. The predicted molar refractivity (Wildman–Crippen MR) is 113 cm³/mol. The third kappa shape index (κ3) is 3.42. The van der Waals surface area contributed by atoms with E-state index in [-0.39, 0.29) is 5.91 Å². The van der Waals surface area contributed by atoms with Gasteiger partial charge in [-0.25, -0.2) is 4.98 Å². The van der Waals surface area contributed by atoms with Crippen LogP contribution in [0.4, 0.5) is 5.69 Å². The number of anilines is 1. The predicted octanol–water partition coefficient (Wildman–Crippen LogP) is 5.23. The third-order valence-electron chi connectivity index (χ3n) is 4.32. The molecule has 1 amide bonds. The van der Waals surface area contributed by atoms with Crippen LogP contribution < -0.4 is 14.8 Å². The number of carbonyl (C=O) groups excluding carboxylic acids is 1. The maximum Gasteiger partial charge on any atom is 0.263 e.